The monoisotopic (exact) mass is 324 g/mol. The zero-order valence-corrected chi connectivity index (χ0v) is 13.4. The highest BCUT2D eigenvalue weighted by atomic mass is 35.5. The van der Waals surface area contributed by atoms with E-state index in [9.17, 15) is 0 Å². The second-order valence-electron chi connectivity index (χ2n) is 4.65. The van der Waals surface area contributed by atoms with Gasteiger partial charge in [-0.15, -0.1) is 0 Å². The van der Waals surface area contributed by atoms with Crippen molar-refractivity contribution in [2.24, 2.45) is 0 Å². The van der Waals surface area contributed by atoms with Gasteiger partial charge < -0.3 is 10.1 Å². The van der Waals surface area contributed by atoms with Crippen LogP contribution in [0.3, 0.4) is 0 Å². The molecule has 0 aliphatic rings. The maximum Gasteiger partial charge on any atom is 0.125 e. The number of nitrogens with one attached hydrogen (secondary N) is 1. The van der Waals surface area contributed by atoms with Crippen molar-refractivity contribution in [3.63, 3.8) is 0 Å². The van der Waals surface area contributed by atoms with Gasteiger partial charge in [0.1, 0.15) is 12.4 Å². The lowest BCUT2D eigenvalue weighted by atomic mass is 10.2. The first-order valence-corrected chi connectivity index (χ1v) is 7.67. The van der Waals surface area contributed by atoms with Crippen molar-refractivity contribution in [2.75, 3.05) is 6.54 Å². The van der Waals surface area contributed by atoms with Crippen LogP contribution in [0.15, 0.2) is 36.7 Å². The highest BCUT2D eigenvalue weighted by Crippen LogP contribution is 2.27. The van der Waals surface area contributed by atoms with Crippen LogP contribution in [0.1, 0.15) is 24.5 Å². The fourth-order valence-electron chi connectivity index (χ4n) is 1.91. The van der Waals surface area contributed by atoms with Crippen molar-refractivity contribution >= 4 is 23.2 Å². The van der Waals surface area contributed by atoms with Crippen molar-refractivity contribution in [2.45, 2.75) is 26.5 Å². The third-order valence-electron chi connectivity index (χ3n) is 3.04. The third kappa shape index (κ3) is 4.60. The van der Waals surface area contributed by atoms with Crippen molar-refractivity contribution in [3.05, 3.63) is 57.8 Å². The van der Waals surface area contributed by atoms with Gasteiger partial charge in [0.2, 0.25) is 0 Å². The van der Waals surface area contributed by atoms with Crippen LogP contribution < -0.4 is 10.1 Å². The first kappa shape index (κ1) is 16.1. The smallest absolute Gasteiger partial charge is 0.125 e. The Kier molecular flexibility index (Phi) is 6.30. The summed E-state index contributed by atoms with van der Waals surface area (Å²) in [5.41, 5.74) is 1.87. The summed E-state index contributed by atoms with van der Waals surface area (Å²) in [7, 11) is 0. The molecule has 1 N–H and O–H groups in total. The molecule has 21 heavy (non-hydrogen) atoms. The van der Waals surface area contributed by atoms with Gasteiger partial charge in [0, 0.05) is 35.1 Å². The van der Waals surface area contributed by atoms with E-state index >= 15 is 0 Å². The number of nitrogens with zero attached hydrogens (tertiary/aromatic N) is 1. The van der Waals surface area contributed by atoms with Crippen LogP contribution in [0, 0.1) is 0 Å². The number of rotatable bonds is 7. The largest absolute Gasteiger partial charge is 0.488 e. The van der Waals surface area contributed by atoms with Crippen LogP contribution >= 0.6 is 23.2 Å². The lowest BCUT2D eigenvalue weighted by molar-refractivity contribution is 0.302. The maximum atomic E-state index is 6.27. The minimum absolute atomic E-state index is 0.391. The van der Waals surface area contributed by atoms with Crippen molar-refractivity contribution in [1.29, 1.82) is 0 Å². The van der Waals surface area contributed by atoms with Crippen molar-refractivity contribution < 1.29 is 4.74 Å². The average Bonchev–Trinajstić information content (AvgIpc) is 2.49. The minimum atomic E-state index is 0.391. The van der Waals surface area contributed by atoms with E-state index in [2.05, 4.69) is 17.2 Å². The van der Waals surface area contributed by atoms with E-state index in [4.69, 9.17) is 27.9 Å². The van der Waals surface area contributed by atoms with Crippen molar-refractivity contribution in [1.82, 2.24) is 10.3 Å². The Morgan fingerprint density at radius 1 is 1.19 bits per heavy atom. The molecule has 0 aliphatic heterocycles. The van der Waals surface area contributed by atoms with Gasteiger partial charge in [0.25, 0.3) is 0 Å². The molecule has 1 aromatic heterocycles. The van der Waals surface area contributed by atoms with Crippen LogP contribution in [-0.4, -0.2) is 11.5 Å². The molecule has 0 saturated carbocycles. The summed E-state index contributed by atoms with van der Waals surface area (Å²) in [4.78, 5) is 3.96. The molecule has 5 heteroatoms. The molecule has 2 aromatic rings. The van der Waals surface area contributed by atoms with E-state index in [0.29, 0.717) is 23.2 Å². The van der Waals surface area contributed by atoms with Crippen LogP contribution in [0.5, 0.6) is 5.75 Å². The van der Waals surface area contributed by atoms with E-state index in [-0.39, 0.29) is 0 Å². The zero-order valence-electron chi connectivity index (χ0n) is 11.9. The molecule has 0 saturated heterocycles. The number of halogens is 2. The average molecular weight is 325 g/mol. The second-order valence-corrected chi connectivity index (χ2v) is 5.46. The molecule has 0 amide bonds. The van der Waals surface area contributed by atoms with E-state index in [1.54, 1.807) is 12.4 Å². The predicted molar refractivity (Wildman–Crippen MR) is 87.0 cm³/mol. The molecule has 112 valence electrons. The number of hydrogen-bond acceptors (Lipinski definition) is 3. The SMILES string of the molecule is CCCNCc1c(Cl)cccc1OCc1ccncc1Cl. The molecule has 0 bridgehead atoms. The predicted octanol–water partition coefficient (Wildman–Crippen LogP) is 4.47. The van der Waals surface area contributed by atoms with Crippen molar-refractivity contribution in [3.8, 4) is 5.75 Å². The molecule has 0 atom stereocenters. The third-order valence-corrected chi connectivity index (χ3v) is 3.74. The van der Waals surface area contributed by atoms with Gasteiger partial charge in [0.15, 0.2) is 0 Å². The summed E-state index contributed by atoms with van der Waals surface area (Å²) in [5, 5.41) is 4.65. The van der Waals surface area contributed by atoms with Gasteiger partial charge in [-0.2, -0.15) is 0 Å². The number of pyridine rings is 1. The van der Waals surface area contributed by atoms with Gasteiger partial charge in [-0.05, 0) is 31.2 Å². The summed E-state index contributed by atoms with van der Waals surface area (Å²) < 4.78 is 5.88. The summed E-state index contributed by atoms with van der Waals surface area (Å²) in [6.07, 6.45) is 4.39. The summed E-state index contributed by atoms with van der Waals surface area (Å²) in [5.74, 6) is 0.777. The van der Waals surface area contributed by atoms with E-state index < -0.39 is 0 Å². The fourth-order valence-corrected chi connectivity index (χ4v) is 2.32. The first-order chi connectivity index (χ1) is 10.2. The molecule has 2 rings (SSSR count). The molecule has 0 unspecified atom stereocenters. The Labute approximate surface area is 135 Å². The van der Waals surface area contributed by atoms with Gasteiger partial charge in [-0.25, -0.2) is 0 Å². The summed E-state index contributed by atoms with van der Waals surface area (Å²) in [6.45, 7) is 4.15. The lowest BCUT2D eigenvalue weighted by Crippen LogP contribution is -2.15. The van der Waals surface area contributed by atoms with E-state index in [1.807, 2.05) is 24.3 Å². The topological polar surface area (TPSA) is 34.1 Å². The maximum absolute atomic E-state index is 6.27. The van der Waals surface area contributed by atoms with Gasteiger partial charge in [-0.1, -0.05) is 36.2 Å². The highest BCUT2D eigenvalue weighted by Gasteiger charge is 2.09. The number of ether oxygens (including phenoxy) is 1. The van der Waals surface area contributed by atoms with Crippen LogP contribution in [0.4, 0.5) is 0 Å². The Bertz CT molecular complexity index is 590. The molecular weight excluding hydrogens is 307 g/mol. The number of aromatic nitrogens is 1. The quantitative estimate of drug-likeness (QED) is 0.763. The van der Waals surface area contributed by atoms with Crippen LogP contribution in [-0.2, 0) is 13.2 Å². The second kappa shape index (κ2) is 8.23. The minimum Gasteiger partial charge on any atom is -0.488 e. The first-order valence-electron chi connectivity index (χ1n) is 6.91. The molecule has 1 aromatic carbocycles. The van der Waals surface area contributed by atoms with Gasteiger partial charge >= 0.3 is 0 Å². The lowest BCUT2D eigenvalue weighted by Gasteiger charge is -2.14. The summed E-state index contributed by atoms with van der Waals surface area (Å²) >= 11 is 12.3. The molecule has 3 nitrogen and oxygen atoms in total. The number of benzene rings is 1. The summed E-state index contributed by atoms with van der Waals surface area (Å²) in [6, 6.07) is 7.53. The normalized spacial score (nSPS) is 10.6. The molecule has 0 aliphatic carbocycles. The number of hydrogen-bond donors (Lipinski definition) is 1. The molecule has 0 spiro atoms. The standard InChI is InChI=1S/C16H18Cl2N2O/c1-2-7-19-9-13-14(17)4-3-5-16(13)21-11-12-6-8-20-10-15(12)18/h3-6,8,10,19H,2,7,9,11H2,1H3. The molecular formula is C16H18Cl2N2O. The van der Waals surface area contributed by atoms with Gasteiger partial charge in [0.05, 0.1) is 5.02 Å². The molecule has 0 radical (unpaired) electrons. The van der Waals surface area contributed by atoms with Crippen LogP contribution in [0.25, 0.3) is 0 Å². The van der Waals surface area contributed by atoms with E-state index in [0.717, 1.165) is 29.8 Å². The Morgan fingerprint density at radius 2 is 2.05 bits per heavy atom. The van der Waals surface area contributed by atoms with E-state index in [1.165, 1.54) is 0 Å². The molecule has 1 heterocycles. The Balaban J connectivity index is 2.09. The Morgan fingerprint density at radius 3 is 2.81 bits per heavy atom. The fraction of sp³-hybridized carbons (Fsp3) is 0.312. The Hall–Kier alpha value is -1.29. The zero-order chi connectivity index (χ0) is 15.1. The van der Waals surface area contributed by atoms with Gasteiger partial charge in [-0.3, -0.25) is 4.98 Å². The van der Waals surface area contributed by atoms with Crippen LogP contribution in [0.2, 0.25) is 10.0 Å². The highest BCUT2D eigenvalue weighted by molar-refractivity contribution is 6.31. The molecule has 0 fully saturated rings.